The van der Waals surface area contributed by atoms with Gasteiger partial charge in [0.2, 0.25) is 5.95 Å². The Morgan fingerprint density at radius 3 is 2.50 bits per heavy atom. The lowest BCUT2D eigenvalue weighted by Gasteiger charge is -2.30. The van der Waals surface area contributed by atoms with Gasteiger partial charge >= 0.3 is 0 Å². The van der Waals surface area contributed by atoms with Crippen LogP contribution in [0.25, 0.3) is 0 Å². The zero-order valence-electron chi connectivity index (χ0n) is 18.4. The summed E-state index contributed by atoms with van der Waals surface area (Å²) in [6.07, 6.45) is 4.55. The Morgan fingerprint density at radius 2 is 1.87 bits per heavy atom. The summed E-state index contributed by atoms with van der Waals surface area (Å²) in [5, 5.41) is 20.3. The molecule has 1 aromatic heterocycles. The first-order valence-corrected chi connectivity index (χ1v) is 10.8. The summed E-state index contributed by atoms with van der Waals surface area (Å²) in [4.78, 5) is 26.3. The van der Waals surface area contributed by atoms with E-state index in [9.17, 15) is 15.0 Å². The van der Waals surface area contributed by atoms with Gasteiger partial charge in [0, 0.05) is 50.4 Å². The SMILES string of the molecule is CCCN(CCC)c1ncc2c(n1)CCN(C(=O)c1cc(C(C)C)c(O)cc1O)C2. The predicted octanol–water partition coefficient (Wildman–Crippen LogP) is 3.84. The molecule has 0 fully saturated rings. The van der Waals surface area contributed by atoms with Gasteiger partial charge in [0.05, 0.1) is 11.3 Å². The number of anilines is 1. The first-order chi connectivity index (χ1) is 14.3. The highest BCUT2D eigenvalue weighted by Crippen LogP contribution is 2.33. The second-order valence-corrected chi connectivity index (χ2v) is 8.19. The first-order valence-electron chi connectivity index (χ1n) is 10.8. The maximum atomic E-state index is 13.1. The number of carbonyl (C=O) groups excluding carboxylic acids is 1. The minimum atomic E-state index is -0.247. The number of hydrogen-bond donors (Lipinski definition) is 2. The minimum Gasteiger partial charge on any atom is -0.508 e. The number of phenols is 2. The molecule has 3 rings (SSSR count). The largest absolute Gasteiger partial charge is 0.508 e. The molecule has 0 aliphatic carbocycles. The van der Waals surface area contributed by atoms with Crippen LogP contribution in [0.1, 0.15) is 73.6 Å². The van der Waals surface area contributed by atoms with Crippen molar-refractivity contribution in [3.8, 4) is 11.5 Å². The number of carbonyl (C=O) groups is 1. The summed E-state index contributed by atoms with van der Waals surface area (Å²) in [5.41, 5.74) is 2.79. The zero-order chi connectivity index (χ0) is 21.8. The highest BCUT2D eigenvalue weighted by Gasteiger charge is 2.26. The molecule has 2 N–H and O–H groups in total. The lowest BCUT2D eigenvalue weighted by atomic mass is 9.97. The summed E-state index contributed by atoms with van der Waals surface area (Å²) in [6.45, 7) is 11.0. The number of aromatic hydroxyl groups is 2. The van der Waals surface area contributed by atoms with E-state index in [0.29, 0.717) is 25.1 Å². The van der Waals surface area contributed by atoms with E-state index >= 15 is 0 Å². The lowest BCUT2D eigenvalue weighted by Crippen LogP contribution is -2.37. The Balaban J connectivity index is 1.81. The Morgan fingerprint density at radius 1 is 1.17 bits per heavy atom. The first kappa shape index (κ1) is 21.9. The van der Waals surface area contributed by atoms with E-state index in [1.165, 1.54) is 6.07 Å². The molecule has 2 heterocycles. The molecule has 7 heteroatoms. The van der Waals surface area contributed by atoms with E-state index < -0.39 is 0 Å². The summed E-state index contributed by atoms with van der Waals surface area (Å²) in [6, 6.07) is 2.85. The molecular weight excluding hydrogens is 380 g/mol. The average Bonchev–Trinajstić information content (AvgIpc) is 2.72. The van der Waals surface area contributed by atoms with Crippen molar-refractivity contribution in [1.82, 2.24) is 14.9 Å². The van der Waals surface area contributed by atoms with Crippen LogP contribution in [-0.4, -0.2) is 50.6 Å². The van der Waals surface area contributed by atoms with Crippen LogP contribution in [0.15, 0.2) is 18.3 Å². The number of hydrogen-bond acceptors (Lipinski definition) is 6. The van der Waals surface area contributed by atoms with Crippen LogP contribution >= 0.6 is 0 Å². The van der Waals surface area contributed by atoms with Gasteiger partial charge in [-0.25, -0.2) is 9.97 Å². The van der Waals surface area contributed by atoms with Gasteiger partial charge in [-0.05, 0) is 30.4 Å². The van der Waals surface area contributed by atoms with Crippen molar-refractivity contribution in [2.24, 2.45) is 0 Å². The molecule has 0 saturated heterocycles. The third-order valence-corrected chi connectivity index (χ3v) is 5.48. The Hall–Kier alpha value is -2.83. The quantitative estimate of drug-likeness (QED) is 0.718. The van der Waals surface area contributed by atoms with E-state index in [0.717, 1.165) is 43.1 Å². The van der Waals surface area contributed by atoms with E-state index in [1.807, 2.05) is 20.0 Å². The fraction of sp³-hybridized carbons (Fsp3) is 0.522. The van der Waals surface area contributed by atoms with Crippen molar-refractivity contribution in [3.05, 3.63) is 40.7 Å². The Labute approximate surface area is 178 Å². The van der Waals surface area contributed by atoms with Crippen LogP contribution in [0.5, 0.6) is 11.5 Å². The molecule has 1 aliphatic heterocycles. The maximum Gasteiger partial charge on any atom is 0.257 e. The zero-order valence-corrected chi connectivity index (χ0v) is 18.4. The van der Waals surface area contributed by atoms with Gasteiger partial charge in [0.1, 0.15) is 11.5 Å². The minimum absolute atomic E-state index is 0.00711. The molecule has 1 aromatic carbocycles. The number of benzene rings is 1. The molecule has 0 radical (unpaired) electrons. The Bertz CT molecular complexity index is 908. The molecule has 2 aromatic rings. The number of rotatable bonds is 7. The van der Waals surface area contributed by atoms with Crippen LogP contribution < -0.4 is 4.90 Å². The van der Waals surface area contributed by atoms with E-state index in [2.05, 4.69) is 23.7 Å². The Kier molecular flexibility index (Phi) is 6.80. The number of fused-ring (bicyclic) bond motifs is 1. The van der Waals surface area contributed by atoms with Gasteiger partial charge < -0.3 is 20.0 Å². The molecule has 0 spiro atoms. The van der Waals surface area contributed by atoms with Crippen LogP contribution in [-0.2, 0) is 13.0 Å². The van der Waals surface area contributed by atoms with Crippen LogP contribution in [0, 0.1) is 0 Å². The topological polar surface area (TPSA) is 89.8 Å². The molecule has 0 atom stereocenters. The lowest BCUT2D eigenvalue weighted by molar-refractivity contribution is 0.0730. The van der Waals surface area contributed by atoms with Crippen LogP contribution in [0.3, 0.4) is 0 Å². The second kappa shape index (κ2) is 9.32. The molecule has 30 heavy (non-hydrogen) atoms. The number of nitrogens with zero attached hydrogens (tertiary/aromatic N) is 4. The third-order valence-electron chi connectivity index (χ3n) is 5.48. The smallest absolute Gasteiger partial charge is 0.257 e. The summed E-state index contributed by atoms with van der Waals surface area (Å²) >= 11 is 0. The normalized spacial score (nSPS) is 13.4. The van der Waals surface area contributed by atoms with Crippen molar-refractivity contribution >= 4 is 11.9 Å². The van der Waals surface area contributed by atoms with Crippen molar-refractivity contribution in [2.75, 3.05) is 24.5 Å². The molecule has 0 bridgehead atoms. The number of aromatic nitrogens is 2. The number of phenolic OH excluding ortho intramolecular Hbond substituents is 2. The molecule has 0 saturated carbocycles. The fourth-order valence-corrected chi connectivity index (χ4v) is 3.88. The predicted molar refractivity (Wildman–Crippen MR) is 117 cm³/mol. The third kappa shape index (κ3) is 4.50. The van der Waals surface area contributed by atoms with Crippen molar-refractivity contribution in [1.29, 1.82) is 0 Å². The van der Waals surface area contributed by atoms with Crippen molar-refractivity contribution in [2.45, 2.75) is 59.4 Å². The summed E-state index contributed by atoms with van der Waals surface area (Å²) < 4.78 is 0. The molecular formula is C23H32N4O3. The molecule has 7 nitrogen and oxygen atoms in total. The molecule has 1 amide bonds. The average molecular weight is 413 g/mol. The monoisotopic (exact) mass is 412 g/mol. The molecule has 1 aliphatic rings. The standard InChI is InChI=1S/C23H32N4O3/c1-5-8-26(9-6-2)23-24-13-16-14-27(10-7-19(16)25-23)22(30)18-11-17(15(3)4)20(28)12-21(18)29/h11-13,15,28-29H,5-10,14H2,1-4H3. The van der Waals surface area contributed by atoms with E-state index in [-0.39, 0.29) is 28.9 Å². The number of amides is 1. The van der Waals surface area contributed by atoms with Gasteiger partial charge in [-0.15, -0.1) is 0 Å². The van der Waals surface area contributed by atoms with E-state index in [4.69, 9.17) is 4.98 Å². The van der Waals surface area contributed by atoms with Gasteiger partial charge in [-0.3, -0.25) is 4.79 Å². The summed E-state index contributed by atoms with van der Waals surface area (Å²) in [7, 11) is 0. The van der Waals surface area contributed by atoms with E-state index in [1.54, 1.807) is 11.0 Å². The maximum absolute atomic E-state index is 13.1. The van der Waals surface area contributed by atoms with Gasteiger partial charge in [0.25, 0.3) is 5.91 Å². The van der Waals surface area contributed by atoms with Gasteiger partial charge in [-0.1, -0.05) is 27.7 Å². The van der Waals surface area contributed by atoms with Gasteiger partial charge in [-0.2, -0.15) is 0 Å². The fourth-order valence-electron chi connectivity index (χ4n) is 3.88. The van der Waals surface area contributed by atoms with Crippen molar-refractivity contribution < 1.29 is 15.0 Å². The highest BCUT2D eigenvalue weighted by molar-refractivity contribution is 5.97. The van der Waals surface area contributed by atoms with Crippen LogP contribution in [0.2, 0.25) is 0 Å². The second-order valence-electron chi connectivity index (χ2n) is 8.19. The highest BCUT2D eigenvalue weighted by atomic mass is 16.3. The summed E-state index contributed by atoms with van der Waals surface area (Å²) in [5.74, 6) is 0.361. The van der Waals surface area contributed by atoms with Crippen molar-refractivity contribution in [3.63, 3.8) is 0 Å². The molecule has 0 unspecified atom stereocenters. The van der Waals surface area contributed by atoms with Crippen LogP contribution in [0.4, 0.5) is 5.95 Å². The molecule has 162 valence electrons. The van der Waals surface area contributed by atoms with Gasteiger partial charge in [0.15, 0.2) is 0 Å².